The first kappa shape index (κ1) is 69.0. The first-order chi connectivity index (χ1) is 33.0. The molecule has 2 unspecified atom stereocenters. The fourth-order valence-electron chi connectivity index (χ4n) is 8.59. The quantitative estimate of drug-likeness (QED) is 0.161. The van der Waals surface area contributed by atoms with Gasteiger partial charge in [-0.3, -0.25) is 4.90 Å². The molecular formula is C61H122N8. The van der Waals surface area contributed by atoms with E-state index in [1.807, 2.05) is 52.0 Å². The average Bonchev–Trinajstić information content (AvgIpc) is 4.12. The van der Waals surface area contributed by atoms with Gasteiger partial charge in [-0.25, -0.2) is 0 Å². The van der Waals surface area contributed by atoms with Crippen LogP contribution >= 0.6 is 0 Å². The number of hydrogen-bond acceptors (Lipinski definition) is 8. The number of para-hydroxylation sites is 1. The molecule has 0 aromatic heterocycles. The number of nitrogens with one attached hydrogen (secondary N) is 5. The fraction of sp³-hybridized carbons (Fsp3) is 0.803. The van der Waals surface area contributed by atoms with Crippen molar-refractivity contribution in [1.82, 2.24) is 36.0 Å². The van der Waals surface area contributed by atoms with E-state index >= 15 is 0 Å². The van der Waals surface area contributed by atoms with E-state index < -0.39 is 0 Å². The summed E-state index contributed by atoms with van der Waals surface area (Å²) >= 11 is 0. The van der Waals surface area contributed by atoms with Crippen molar-refractivity contribution in [2.45, 2.75) is 213 Å². The molecule has 8 nitrogen and oxygen atoms in total. The second-order valence-electron chi connectivity index (χ2n) is 21.6. The fourth-order valence-corrected chi connectivity index (χ4v) is 8.59. The van der Waals surface area contributed by atoms with Gasteiger partial charge >= 0.3 is 0 Å². The molecule has 7 rings (SSSR count). The summed E-state index contributed by atoms with van der Waals surface area (Å²) in [5.41, 5.74) is 2.54. The predicted octanol–water partition coefficient (Wildman–Crippen LogP) is 13.6. The van der Waals surface area contributed by atoms with Crippen molar-refractivity contribution in [1.29, 1.82) is 0 Å². The van der Waals surface area contributed by atoms with Gasteiger partial charge in [0.2, 0.25) is 0 Å². The van der Waals surface area contributed by atoms with E-state index in [1.165, 1.54) is 135 Å². The molecule has 2 aromatic rings. The summed E-state index contributed by atoms with van der Waals surface area (Å²) in [6.45, 7) is 54.3. The highest BCUT2D eigenvalue weighted by Gasteiger charge is 2.18. The Balaban J connectivity index is 0. The third-order valence-corrected chi connectivity index (χ3v) is 13.4. The van der Waals surface area contributed by atoms with Crippen LogP contribution in [-0.4, -0.2) is 124 Å². The lowest BCUT2D eigenvalue weighted by Crippen LogP contribution is -2.47. The Hall–Kier alpha value is -2.04. The lowest BCUT2D eigenvalue weighted by atomic mass is 9.87. The summed E-state index contributed by atoms with van der Waals surface area (Å²) in [7, 11) is 2.19. The second kappa shape index (κ2) is 45.8. The zero-order valence-corrected chi connectivity index (χ0v) is 49.5. The van der Waals surface area contributed by atoms with Crippen molar-refractivity contribution in [3.63, 3.8) is 0 Å². The van der Waals surface area contributed by atoms with E-state index in [4.69, 9.17) is 0 Å². The number of nitrogens with zero attached hydrogens (tertiary/aromatic N) is 3. The normalized spacial score (nSPS) is 19.6. The predicted molar refractivity (Wildman–Crippen MR) is 313 cm³/mol. The van der Waals surface area contributed by atoms with Gasteiger partial charge in [-0.1, -0.05) is 138 Å². The summed E-state index contributed by atoms with van der Waals surface area (Å²) in [5, 5.41) is 16.9. The van der Waals surface area contributed by atoms with Crippen LogP contribution in [0.4, 0.5) is 5.69 Å². The highest BCUT2D eigenvalue weighted by molar-refractivity contribution is 5.42. The highest BCUT2D eigenvalue weighted by Crippen LogP contribution is 2.20. The van der Waals surface area contributed by atoms with E-state index in [0.29, 0.717) is 12.1 Å². The van der Waals surface area contributed by atoms with E-state index in [1.54, 1.807) is 0 Å². The number of anilines is 1. The van der Waals surface area contributed by atoms with Crippen LogP contribution in [0.3, 0.4) is 0 Å². The lowest BCUT2D eigenvalue weighted by Gasteiger charge is -2.34. The third-order valence-electron chi connectivity index (χ3n) is 13.4. The maximum Gasteiger partial charge on any atom is 0.0342 e. The molecule has 5 saturated heterocycles. The lowest BCUT2D eigenvalue weighted by molar-refractivity contribution is 0.126. The Kier molecular flexibility index (Phi) is 45.8. The molecule has 0 spiro atoms. The Morgan fingerprint density at radius 2 is 0.971 bits per heavy atom. The number of likely N-dealkylation sites (N-methyl/N-ethyl adjacent to an activating group) is 1. The van der Waals surface area contributed by atoms with E-state index in [0.717, 1.165) is 54.3 Å². The Labute approximate surface area is 432 Å². The van der Waals surface area contributed by atoms with Crippen LogP contribution < -0.4 is 26.6 Å². The minimum atomic E-state index is 0.516. The van der Waals surface area contributed by atoms with Crippen LogP contribution in [0, 0.1) is 29.6 Å². The van der Waals surface area contributed by atoms with E-state index in [2.05, 4.69) is 182 Å². The summed E-state index contributed by atoms with van der Waals surface area (Å²) in [6.07, 6.45) is 11.2. The van der Waals surface area contributed by atoms with Gasteiger partial charge in [0.15, 0.2) is 0 Å². The van der Waals surface area contributed by atoms with Crippen LogP contribution in [-0.2, 0) is 6.54 Å². The highest BCUT2D eigenvalue weighted by atomic mass is 15.3. The Morgan fingerprint density at radius 1 is 0.493 bits per heavy atom. The standard InChI is InChI=1S/C10H15N.C9H13N.C8H18N2.2C8H17N.2C7H15N.2C2H6/c1-9(2)11-8-10-6-4-3-5-7-10;1-8(2)10-9-6-4-3-5-7-9;1-8(2)10-6-4-9(3)5-7-10;1-7(2)8-3-5-9-6-4-8;1-7(2)8-5-3-4-6-9-8;1-6(2)7-3-4-8-5-7;1-7(2)8-5-3-4-6-8;2*1-2/h3-7,9,11H,8H2,1-2H3;3-8,10H,1-2H3;8H,4-7H2,1-3H3;2*7-9H,3-6H2,1-2H3;6-8H,3-5H2,1-2H3;7H,3-6H2,1-2H3;2*1-2H3. The molecular weight excluding hydrogens is 845 g/mol. The van der Waals surface area contributed by atoms with Crippen LogP contribution in [0.15, 0.2) is 60.7 Å². The van der Waals surface area contributed by atoms with Crippen LogP contribution in [0.2, 0.25) is 0 Å². The van der Waals surface area contributed by atoms with E-state index in [9.17, 15) is 0 Å². The summed E-state index contributed by atoms with van der Waals surface area (Å²) in [6, 6.07) is 24.1. The van der Waals surface area contributed by atoms with Gasteiger partial charge < -0.3 is 36.4 Å². The molecule has 2 atom stereocenters. The number of piperazine rings is 1. The van der Waals surface area contributed by atoms with Gasteiger partial charge in [-0.2, -0.15) is 0 Å². The first-order valence-electron chi connectivity index (χ1n) is 28.9. The van der Waals surface area contributed by atoms with Crippen molar-refractivity contribution in [3.05, 3.63) is 66.2 Å². The Bertz CT molecular complexity index is 1240. The SMILES string of the molecule is CC.CC.CC(C)C1CCCCN1.CC(C)C1CCNC1.CC(C)C1CCNCC1.CC(C)N1CCCC1.CC(C)N1CCN(C)CC1.CC(C)NCc1ccccc1.CC(C)Nc1ccccc1. The van der Waals surface area contributed by atoms with Crippen molar-refractivity contribution < 1.29 is 0 Å². The Morgan fingerprint density at radius 3 is 1.32 bits per heavy atom. The maximum atomic E-state index is 3.52. The van der Waals surface area contributed by atoms with Crippen LogP contribution in [0.1, 0.15) is 182 Å². The second-order valence-corrected chi connectivity index (χ2v) is 21.6. The van der Waals surface area contributed by atoms with Gasteiger partial charge in [0.25, 0.3) is 0 Å². The maximum absolute atomic E-state index is 3.52. The molecule has 5 aliphatic heterocycles. The zero-order chi connectivity index (χ0) is 52.4. The van der Waals surface area contributed by atoms with Crippen molar-refractivity contribution in [2.75, 3.05) is 84.4 Å². The van der Waals surface area contributed by atoms with Crippen LogP contribution in [0.25, 0.3) is 0 Å². The molecule has 5 fully saturated rings. The van der Waals surface area contributed by atoms with Crippen molar-refractivity contribution >= 4 is 5.69 Å². The van der Waals surface area contributed by atoms with Crippen molar-refractivity contribution in [3.8, 4) is 0 Å². The average molecular weight is 968 g/mol. The largest absolute Gasteiger partial charge is 0.383 e. The molecule has 5 aliphatic rings. The minimum Gasteiger partial charge on any atom is -0.383 e. The minimum absolute atomic E-state index is 0.516. The summed E-state index contributed by atoms with van der Waals surface area (Å²) < 4.78 is 0. The monoisotopic (exact) mass is 967 g/mol. The molecule has 2 aromatic carbocycles. The number of piperidine rings is 2. The molecule has 0 saturated carbocycles. The van der Waals surface area contributed by atoms with Gasteiger partial charge in [0.05, 0.1) is 0 Å². The summed E-state index contributed by atoms with van der Waals surface area (Å²) in [4.78, 5) is 7.44. The summed E-state index contributed by atoms with van der Waals surface area (Å²) in [5.74, 6) is 4.55. The number of likely N-dealkylation sites (tertiary alicyclic amines) is 1. The van der Waals surface area contributed by atoms with E-state index in [-0.39, 0.29) is 0 Å². The molecule has 5 N–H and O–H groups in total. The third kappa shape index (κ3) is 39.2. The van der Waals surface area contributed by atoms with Gasteiger partial charge in [-0.15, -0.1) is 0 Å². The van der Waals surface area contributed by atoms with Gasteiger partial charge in [-0.05, 0) is 187 Å². The smallest absolute Gasteiger partial charge is 0.0342 e. The van der Waals surface area contributed by atoms with Crippen LogP contribution in [0.5, 0.6) is 0 Å². The van der Waals surface area contributed by atoms with Gasteiger partial charge in [0.1, 0.15) is 0 Å². The molecule has 0 bridgehead atoms. The number of hydrogen-bond donors (Lipinski definition) is 5. The zero-order valence-electron chi connectivity index (χ0n) is 49.5. The molecule has 0 amide bonds. The molecule has 8 heteroatoms. The molecule has 0 aliphatic carbocycles. The van der Waals surface area contributed by atoms with Gasteiger partial charge in [0, 0.05) is 68.6 Å². The first-order valence-corrected chi connectivity index (χ1v) is 28.9. The molecule has 5 heterocycles. The molecule has 0 radical (unpaired) electrons. The number of rotatable bonds is 10. The molecule has 69 heavy (non-hydrogen) atoms. The number of benzene rings is 2. The van der Waals surface area contributed by atoms with Crippen molar-refractivity contribution in [2.24, 2.45) is 29.6 Å². The topological polar surface area (TPSA) is 69.9 Å². The molecule has 406 valence electrons.